The number of hydrogen-bond acceptors (Lipinski definition) is 1. The highest BCUT2D eigenvalue weighted by Gasteiger charge is 2.22. The first-order chi connectivity index (χ1) is 9.10. The van der Waals surface area contributed by atoms with Gasteiger partial charge in [0.05, 0.1) is 10.0 Å². The van der Waals surface area contributed by atoms with Crippen LogP contribution in [0.25, 0.3) is 0 Å². The second-order valence-corrected chi connectivity index (χ2v) is 6.51. The molecule has 0 radical (unpaired) electrons. The Morgan fingerprint density at radius 3 is 2.74 bits per heavy atom. The summed E-state index contributed by atoms with van der Waals surface area (Å²) in [5, 5.41) is 5.01. The van der Waals surface area contributed by atoms with E-state index in [0.29, 0.717) is 22.1 Å². The molecule has 0 amide bonds. The first-order valence-corrected chi connectivity index (χ1v) is 8.06. The zero-order valence-corrected chi connectivity index (χ0v) is 13.3. The average Bonchev–Trinajstić information content (AvgIpc) is 2.42. The molecule has 0 heterocycles. The Bertz CT molecular complexity index is 419. The largest absolute Gasteiger partial charge is 0.307 e. The van der Waals surface area contributed by atoms with Crippen molar-refractivity contribution in [2.24, 2.45) is 5.92 Å². The maximum absolute atomic E-state index is 6.09. The first-order valence-electron chi connectivity index (χ1n) is 7.31. The quantitative estimate of drug-likeness (QED) is 0.761. The Hall–Kier alpha value is -0.240. The van der Waals surface area contributed by atoms with Crippen LogP contribution in [0.3, 0.4) is 0 Å². The Kier molecular flexibility index (Phi) is 5.56. The number of nitrogens with one attached hydrogen (secondary N) is 1. The predicted octanol–water partition coefficient (Wildman–Crippen LogP) is 5.61. The van der Waals surface area contributed by atoms with E-state index >= 15 is 0 Å². The molecule has 1 aromatic carbocycles. The second-order valence-electron chi connectivity index (χ2n) is 5.70. The molecule has 1 fully saturated rings. The SMILES string of the molecule is CCC1CCCC(NC(C)c2ccc(Cl)c(Cl)c2)C1. The summed E-state index contributed by atoms with van der Waals surface area (Å²) < 4.78 is 0. The number of benzene rings is 1. The smallest absolute Gasteiger partial charge is 0.0595 e. The van der Waals surface area contributed by atoms with E-state index in [1.807, 2.05) is 12.1 Å². The Morgan fingerprint density at radius 1 is 1.26 bits per heavy atom. The van der Waals surface area contributed by atoms with Crippen LogP contribution in [0.1, 0.15) is 57.6 Å². The van der Waals surface area contributed by atoms with E-state index in [0.717, 1.165) is 5.92 Å². The van der Waals surface area contributed by atoms with Gasteiger partial charge in [-0.1, -0.05) is 55.5 Å². The molecule has 3 unspecified atom stereocenters. The summed E-state index contributed by atoms with van der Waals surface area (Å²) >= 11 is 12.0. The van der Waals surface area contributed by atoms with Gasteiger partial charge in [-0.05, 0) is 43.4 Å². The Labute approximate surface area is 126 Å². The van der Waals surface area contributed by atoms with E-state index in [2.05, 4.69) is 25.2 Å². The van der Waals surface area contributed by atoms with Gasteiger partial charge in [0.25, 0.3) is 0 Å². The summed E-state index contributed by atoms with van der Waals surface area (Å²) in [7, 11) is 0. The van der Waals surface area contributed by atoms with Crippen molar-refractivity contribution in [1.82, 2.24) is 5.32 Å². The highest BCUT2D eigenvalue weighted by molar-refractivity contribution is 6.42. The van der Waals surface area contributed by atoms with Crippen molar-refractivity contribution in [2.45, 2.75) is 58.0 Å². The van der Waals surface area contributed by atoms with Gasteiger partial charge >= 0.3 is 0 Å². The minimum atomic E-state index is 0.329. The fraction of sp³-hybridized carbons (Fsp3) is 0.625. The molecule has 0 aliphatic heterocycles. The van der Waals surface area contributed by atoms with Crippen molar-refractivity contribution in [3.63, 3.8) is 0 Å². The normalized spacial score (nSPS) is 25.3. The lowest BCUT2D eigenvalue weighted by Crippen LogP contribution is -2.35. The number of rotatable bonds is 4. The second kappa shape index (κ2) is 6.97. The summed E-state index contributed by atoms with van der Waals surface area (Å²) in [6.07, 6.45) is 6.66. The molecular formula is C16H23Cl2N. The van der Waals surface area contributed by atoms with Crippen LogP contribution >= 0.6 is 23.2 Å². The average molecular weight is 300 g/mol. The van der Waals surface area contributed by atoms with Crippen LogP contribution in [0, 0.1) is 5.92 Å². The lowest BCUT2D eigenvalue weighted by Gasteiger charge is -2.31. The van der Waals surface area contributed by atoms with E-state index in [9.17, 15) is 0 Å². The van der Waals surface area contributed by atoms with Crippen molar-refractivity contribution in [2.75, 3.05) is 0 Å². The van der Waals surface area contributed by atoms with Crippen molar-refractivity contribution in [3.8, 4) is 0 Å². The van der Waals surface area contributed by atoms with Crippen molar-refractivity contribution in [1.29, 1.82) is 0 Å². The van der Waals surface area contributed by atoms with Gasteiger partial charge in [-0.3, -0.25) is 0 Å². The summed E-state index contributed by atoms with van der Waals surface area (Å²) in [5.74, 6) is 0.896. The van der Waals surface area contributed by atoms with Gasteiger partial charge in [-0.25, -0.2) is 0 Å². The molecule has 1 saturated carbocycles. The van der Waals surface area contributed by atoms with Gasteiger partial charge in [-0.15, -0.1) is 0 Å². The highest BCUT2D eigenvalue weighted by atomic mass is 35.5. The van der Waals surface area contributed by atoms with Crippen LogP contribution in [0.2, 0.25) is 10.0 Å². The molecule has 1 aliphatic rings. The van der Waals surface area contributed by atoms with Crippen LogP contribution in [0.15, 0.2) is 18.2 Å². The minimum Gasteiger partial charge on any atom is -0.307 e. The van der Waals surface area contributed by atoms with Crippen LogP contribution < -0.4 is 5.32 Å². The minimum absolute atomic E-state index is 0.329. The molecular weight excluding hydrogens is 277 g/mol. The van der Waals surface area contributed by atoms with Crippen molar-refractivity contribution < 1.29 is 0 Å². The molecule has 0 aromatic heterocycles. The fourth-order valence-corrected chi connectivity index (χ4v) is 3.35. The lowest BCUT2D eigenvalue weighted by atomic mass is 9.84. The molecule has 1 nitrogen and oxygen atoms in total. The van der Waals surface area contributed by atoms with Crippen molar-refractivity contribution in [3.05, 3.63) is 33.8 Å². The van der Waals surface area contributed by atoms with Gasteiger partial charge in [0.1, 0.15) is 0 Å². The van der Waals surface area contributed by atoms with E-state index < -0.39 is 0 Å². The third-order valence-corrected chi connectivity index (χ3v) is 5.03. The number of halogens is 2. The van der Waals surface area contributed by atoms with Crippen LogP contribution in [-0.4, -0.2) is 6.04 Å². The topological polar surface area (TPSA) is 12.0 Å². The third kappa shape index (κ3) is 4.11. The highest BCUT2D eigenvalue weighted by Crippen LogP contribution is 2.29. The summed E-state index contributed by atoms with van der Waals surface area (Å²) in [5.41, 5.74) is 1.22. The Morgan fingerprint density at radius 2 is 2.05 bits per heavy atom. The fourth-order valence-electron chi connectivity index (χ4n) is 3.04. The lowest BCUT2D eigenvalue weighted by molar-refractivity contribution is 0.266. The molecule has 0 spiro atoms. The third-order valence-electron chi connectivity index (χ3n) is 4.29. The van der Waals surface area contributed by atoms with E-state index in [1.54, 1.807) is 0 Å². The molecule has 1 aliphatic carbocycles. The summed E-state index contributed by atoms with van der Waals surface area (Å²) in [6, 6.07) is 6.89. The summed E-state index contributed by atoms with van der Waals surface area (Å²) in [6.45, 7) is 4.50. The first kappa shape index (κ1) is 15.2. The molecule has 2 rings (SSSR count). The maximum atomic E-state index is 6.09. The van der Waals surface area contributed by atoms with Gasteiger partial charge < -0.3 is 5.32 Å². The van der Waals surface area contributed by atoms with Crippen molar-refractivity contribution >= 4 is 23.2 Å². The molecule has 1 aromatic rings. The summed E-state index contributed by atoms with van der Waals surface area (Å²) in [4.78, 5) is 0. The van der Waals surface area contributed by atoms with Gasteiger partial charge in [0, 0.05) is 12.1 Å². The van der Waals surface area contributed by atoms with Crippen LogP contribution in [-0.2, 0) is 0 Å². The maximum Gasteiger partial charge on any atom is 0.0595 e. The monoisotopic (exact) mass is 299 g/mol. The van der Waals surface area contributed by atoms with Gasteiger partial charge in [0.2, 0.25) is 0 Å². The number of hydrogen-bond donors (Lipinski definition) is 1. The molecule has 19 heavy (non-hydrogen) atoms. The molecule has 106 valence electrons. The van der Waals surface area contributed by atoms with Gasteiger partial charge in [-0.2, -0.15) is 0 Å². The predicted molar refractivity (Wildman–Crippen MR) is 84.0 cm³/mol. The Balaban J connectivity index is 1.96. The molecule has 1 N–H and O–H groups in total. The van der Waals surface area contributed by atoms with Crippen LogP contribution in [0.5, 0.6) is 0 Å². The standard InChI is InChI=1S/C16H23Cl2N/c1-3-12-5-4-6-14(9-12)19-11(2)13-7-8-15(17)16(18)10-13/h7-8,10-12,14,19H,3-6,9H2,1-2H3. The molecule has 0 bridgehead atoms. The van der Waals surface area contributed by atoms with E-state index in [-0.39, 0.29) is 0 Å². The van der Waals surface area contributed by atoms with E-state index in [1.165, 1.54) is 37.7 Å². The molecule has 0 saturated heterocycles. The molecule has 3 heteroatoms. The van der Waals surface area contributed by atoms with Gasteiger partial charge in [0.15, 0.2) is 0 Å². The molecule has 3 atom stereocenters. The zero-order valence-electron chi connectivity index (χ0n) is 11.8. The zero-order chi connectivity index (χ0) is 13.8. The van der Waals surface area contributed by atoms with Crippen LogP contribution in [0.4, 0.5) is 0 Å². The van der Waals surface area contributed by atoms with E-state index in [4.69, 9.17) is 23.2 Å².